The van der Waals surface area contributed by atoms with Crippen molar-refractivity contribution in [2.24, 2.45) is 5.10 Å². The van der Waals surface area contributed by atoms with Crippen molar-refractivity contribution < 1.29 is 14.3 Å². The lowest BCUT2D eigenvalue weighted by atomic mass is 10.2. The predicted octanol–water partition coefficient (Wildman–Crippen LogP) is 5.75. The summed E-state index contributed by atoms with van der Waals surface area (Å²) in [6, 6.07) is 19.2. The Morgan fingerprint density at radius 2 is 1.47 bits per heavy atom. The van der Waals surface area contributed by atoms with E-state index in [1.807, 2.05) is 12.1 Å². The van der Waals surface area contributed by atoms with E-state index in [4.69, 9.17) is 44.3 Å². The molecule has 1 amide bonds. The highest BCUT2D eigenvalue weighted by molar-refractivity contribution is 6.36. The molecule has 3 aromatic carbocycles. The van der Waals surface area contributed by atoms with Gasteiger partial charge in [0, 0.05) is 20.6 Å². The maximum Gasteiger partial charge on any atom is 0.277 e. The van der Waals surface area contributed by atoms with E-state index < -0.39 is 0 Å². The van der Waals surface area contributed by atoms with Crippen LogP contribution in [0.15, 0.2) is 71.8 Å². The molecule has 8 heteroatoms. The van der Waals surface area contributed by atoms with Gasteiger partial charge in [-0.15, -0.1) is 0 Å². The van der Waals surface area contributed by atoms with Crippen molar-refractivity contribution in [2.45, 2.75) is 6.61 Å². The van der Waals surface area contributed by atoms with Crippen LogP contribution < -0.4 is 14.9 Å². The average Bonchev–Trinajstić information content (AvgIpc) is 2.74. The average molecular weight is 464 g/mol. The van der Waals surface area contributed by atoms with E-state index in [0.29, 0.717) is 26.6 Å². The van der Waals surface area contributed by atoms with Crippen LogP contribution in [-0.4, -0.2) is 18.7 Å². The molecule has 0 spiro atoms. The van der Waals surface area contributed by atoms with Crippen LogP contribution in [0, 0.1) is 0 Å². The number of amides is 1. The zero-order valence-electron chi connectivity index (χ0n) is 15.6. The Bertz CT molecular complexity index is 1000. The van der Waals surface area contributed by atoms with Gasteiger partial charge in [0.25, 0.3) is 5.91 Å². The number of carbonyl (C=O) groups is 1. The third kappa shape index (κ3) is 6.66. The molecule has 0 aliphatic rings. The monoisotopic (exact) mass is 462 g/mol. The summed E-state index contributed by atoms with van der Waals surface area (Å²) >= 11 is 18.1. The molecule has 154 valence electrons. The molecule has 0 saturated carbocycles. The first kappa shape index (κ1) is 22.0. The topological polar surface area (TPSA) is 59.9 Å². The normalized spacial score (nSPS) is 10.8. The minimum Gasteiger partial charge on any atom is -0.489 e. The Morgan fingerprint density at radius 1 is 0.867 bits per heavy atom. The fourth-order valence-corrected chi connectivity index (χ4v) is 3.00. The lowest BCUT2D eigenvalue weighted by molar-refractivity contribution is -0.123. The number of rotatable bonds is 8. The van der Waals surface area contributed by atoms with Crippen molar-refractivity contribution in [2.75, 3.05) is 6.61 Å². The third-order valence-electron chi connectivity index (χ3n) is 3.91. The van der Waals surface area contributed by atoms with Gasteiger partial charge in [0.1, 0.15) is 18.1 Å². The maximum atomic E-state index is 11.8. The fourth-order valence-electron chi connectivity index (χ4n) is 2.37. The Balaban J connectivity index is 1.45. The number of nitrogens with zero attached hydrogens (tertiary/aromatic N) is 1. The molecule has 0 unspecified atom stereocenters. The summed E-state index contributed by atoms with van der Waals surface area (Å²) in [5.41, 5.74) is 3.93. The summed E-state index contributed by atoms with van der Waals surface area (Å²) < 4.78 is 11.1. The Kier molecular flexibility index (Phi) is 7.97. The van der Waals surface area contributed by atoms with E-state index in [9.17, 15) is 4.79 Å². The van der Waals surface area contributed by atoms with Gasteiger partial charge in [-0.2, -0.15) is 5.10 Å². The molecule has 0 atom stereocenters. The minimum absolute atomic E-state index is 0.156. The highest BCUT2D eigenvalue weighted by atomic mass is 35.5. The summed E-state index contributed by atoms with van der Waals surface area (Å²) in [6.45, 7) is 0.103. The van der Waals surface area contributed by atoms with Crippen molar-refractivity contribution in [1.29, 1.82) is 0 Å². The van der Waals surface area contributed by atoms with Crippen molar-refractivity contribution >= 4 is 46.9 Å². The highest BCUT2D eigenvalue weighted by Gasteiger charge is 2.06. The van der Waals surface area contributed by atoms with Crippen LogP contribution in [-0.2, 0) is 11.4 Å². The van der Waals surface area contributed by atoms with E-state index >= 15 is 0 Å². The number of carbonyl (C=O) groups excluding carboxylic acids is 1. The molecule has 0 aliphatic carbocycles. The molecule has 0 aliphatic heterocycles. The van der Waals surface area contributed by atoms with Crippen molar-refractivity contribution in [3.8, 4) is 11.5 Å². The molecule has 0 fully saturated rings. The molecular weight excluding hydrogens is 447 g/mol. The molecule has 0 heterocycles. The van der Waals surface area contributed by atoms with E-state index in [1.54, 1.807) is 54.6 Å². The predicted molar refractivity (Wildman–Crippen MR) is 120 cm³/mol. The maximum absolute atomic E-state index is 11.8. The van der Waals surface area contributed by atoms with Gasteiger partial charge in [0.2, 0.25) is 0 Å². The van der Waals surface area contributed by atoms with Gasteiger partial charge >= 0.3 is 0 Å². The number of hydrogen-bond donors (Lipinski definition) is 1. The summed E-state index contributed by atoms with van der Waals surface area (Å²) in [6.07, 6.45) is 1.52. The van der Waals surface area contributed by atoms with Crippen molar-refractivity contribution in [3.05, 3.63) is 92.9 Å². The standard InChI is InChI=1S/C22H17Cl3N2O3/c23-16-6-10-18(11-7-16)30-14-22(28)27-26-12-15-4-8-17(9-5-15)29-13-19-20(24)2-1-3-21(19)25/h1-12H,13-14H2,(H,27,28)/b26-12-. The molecular formula is C22H17Cl3N2O3. The molecule has 5 nitrogen and oxygen atoms in total. The lowest BCUT2D eigenvalue weighted by Gasteiger charge is -2.09. The molecule has 1 N–H and O–H groups in total. The molecule has 0 radical (unpaired) electrons. The number of hydrazone groups is 1. The number of hydrogen-bond acceptors (Lipinski definition) is 4. The zero-order valence-corrected chi connectivity index (χ0v) is 17.9. The lowest BCUT2D eigenvalue weighted by Crippen LogP contribution is -2.24. The fraction of sp³-hybridized carbons (Fsp3) is 0.0909. The quantitative estimate of drug-likeness (QED) is 0.341. The molecule has 30 heavy (non-hydrogen) atoms. The van der Waals surface area contributed by atoms with Crippen LogP contribution in [0.25, 0.3) is 0 Å². The van der Waals surface area contributed by atoms with Gasteiger partial charge < -0.3 is 9.47 Å². The van der Waals surface area contributed by atoms with Gasteiger partial charge in [0.15, 0.2) is 6.61 Å². The third-order valence-corrected chi connectivity index (χ3v) is 4.87. The largest absolute Gasteiger partial charge is 0.489 e. The second-order valence-corrected chi connectivity index (χ2v) is 7.34. The Labute approximate surface area is 189 Å². The first-order valence-electron chi connectivity index (χ1n) is 8.87. The summed E-state index contributed by atoms with van der Waals surface area (Å²) in [5, 5.41) is 5.63. The number of ether oxygens (including phenoxy) is 2. The second kappa shape index (κ2) is 10.9. The van der Waals surface area contributed by atoms with Crippen molar-refractivity contribution in [1.82, 2.24) is 5.43 Å². The van der Waals surface area contributed by atoms with Crippen LogP contribution in [0.4, 0.5) is 0 Å². The second-order valence-electron chi connectivity index (χ2n) is 6.09. The van der Waals surface area contributed by atoms with Gasteiger partial charge in [-0.3, -0.25) is 4.79 Å². The number of nitrogens with one attached hydrogen (secondary N) is 1. The summed E-state index contributed by atoms with van der Waals surface area (Å²) in [4.78, 5) is 11.8. The van der Waals surface area contributed by atoms with E-state index in [-0.39, 0.29) is 19.1 Å². The highest BCUT2D eigenvalue weighted by Crippen LogP contribution is 2.25. The first-order chi connectivity index (χ1) is 14.5. The molecule has 3 aromatic rings. The van der Waals surface area contributed by atoms with Gasteiger partial charge in [-0.05, 0) is 66.2 Å². The summed E-state index contributed by atoms with van der Waals surface area (Å²) in [7, 11) is 0. The van der Waals surface area contributed by atoms with Crippen LogP contribution in [0.2, 0.25) is 15.1 Å². The van der Waals surface area contributed by atoms with Crippen LogP contribution in [0.3, 0.4) is 0 Å². The smallest absolute Gasteiger partial charge is 0.277 e. The zero-order chi connectivity index (χ0) is 21.3. The van der Waals surface area contributed by atoms with Crippen LogP contribution in [0.5, 0.6) is 11.5 Å². The summed E-state index contributed by atoms with van der Waals surface area (Å²) in [5.74, 6) is 0.827. The minimum atomic E-state index is -0.377. The van der Waals surface area contributed by atoms with Gasteiger partial charge in [0.05, 0.1) is 6.21 Å². The Morgan fingerprint density at radius 3 is 2.13 bits per heavy atom. The molecule has 0 saturated heterocycles. The van der Waals surface area contributed by atoms with Gasteiger partial charge in [-0.1, -0.05) is 40.9 Å². The molecule has 3 rings (SSSR count). The van der Waals surface area contributed by atoms with Gasteiger partial charge in [-0.25, -0.2) is 5.43 Å². The van der Waals surface area contributed by atoms with Crippen LogP contribution >= 0.6 is 34.8 Å². The Hall–Kier alpha value is -2.73. The number of benzene rings is 3. The van der Waals surface area contributed by atoms with Crippen LogP contribution in [0.1, 0.15) is 11.1 Å². The number of halogens is 3. The first-order valence-corrected chi connectivity index (χ1v) is 10.0. The van der Waals surface area contributed by atoms with E-state index in [0.717, 1.165) is 11.1 Å². The SMILES string of the molecule is O=C(COc1ccc(Cl)cc1)N/N=C\c1ccc(OCc2c(Cl)cccc2Cl)cc1. The van der Waals surface area contributed by atoms with E-state index in [1.165, 1.54) is 6.21 Å². The molecule has 0 bridgehead atoms. The van der Waals surface area contributed by atoms with E-state index in [2.05, 4.69) is 10.5 Å². The molecule has 0 aromatic heterocycles. The van der Waals surface area contributed by atoms with Crippen molar-refractivity contribution in [3.63, 3.8) is 0 Å².